The van der Waals surface area contributed by atoms with Gasteiger partial charge < -0.3 is 20.5 Å². The molecule has 0 bridgehead atoms. The van der Waals surface area contributed by atoms with Gasteiger partial charge in [-0.15, -0.1) is 11.3 Å². The lowest BCUT2D eigenvalue weighted by Gasteiger charge is -2.20. The number of rotatable bonds is 10. The summed E-state index contributed by atoms with van der Waals surface area (Å²) in [5.41, 5.74) is 4.55. The fourth-order valence-electron chi connectivity index (χ4n) is 4.53. The number of carbonyl (C=O) groups excluding carboxylic acids is 2. The van der Waals surface area contributed by atoms with Crippen molar-refractivity contribution in [3.05, 3.63) is 82.0 Å². The molecule has 0 spiro atoms. The third-order valence-corrected chi connectivity index (χ3v) is 7.05. The average molecular weight is 493 g/mol. The Labute approximate surface area is 208 Å². The van der Waals surface area contributed by atoms with Crippen molar-refractivity contribution in [3.63, 3.8) is 0 Å². The second-order valence-corrected chi connectivity index (χ2v) is 9.49. The molecule has 0 saturated heterocycles. The number of benzene rings is 2. The quantitative estimate of drug-likeness (QED) is 0.366. The standard InChI is InChI=1S/C27H28N2O5S/c1-2-8-17(15-24(30)29-25(26(31)32)23-13-7-14-35-23)28-27(33)34-16-22-20-11-5-3-9-18(20)19-10-4-6-12-21(19)22/h3-7,9-14,17,22,25H,2,8,15-16H2,1H3,(H,28,33)(H,29,30)(H,31,32). The zero-order valence-corrected chi connectivity index (χ0v) is 20.2. The number of hydrogen-bond acceptors (Lipinski definition) is 5. The Kier molecular flexibility index (Phi) is 7.82. The molecule has 3 aromatic rings. The maximum atomic E-state index is 12.7. The van der Waals surface area contributed by atoms with E-state index in [1.54, 1.807) is 17.5 Å². The first kappa shape index (κ1) is 24.5. The molecule has 0 saturated carbocycles. The number of ether oxygens (including phenoxy) is 1. The number of carbonyl (C=O) groups is 3. The van der Waals surface area contributed by atoms with Crippen LogP contribution in [-0.4, -0.2) is 35.7 Å². The van der Waals surface area contributed by atoms with E-state index < -0.39 is 30.1 Å². The van der Waals surface area contributed by atoms with Crippen LogP contribution >= 0.6 is 11.3 Å². The highest BCUT2D eigenvalue weighted by atomic mass is 32.1. The van der Waals surface area contributed by atoms with Crippen LogP contribution in [0.15, 0.2) is 66.0 Å². The van der Waals surface area contributed by atoms with Crippen molar-refractivity contribution in [1.29, 1.82) is 0 Å². The predicted molar refractivity (Wildman–Crippen MR) is 134 cm³/mol. The van der Waals surface area contributed by atoms with Crippen molar-refractivity contribution in [2.24, 2.45) is 0 Å². The predicted octanol–water partition coefficient (Wildman–Crippen LogP) is 5.09. The number of amides is 2. The Balaban J connectivity index is 1.35. The van der Waals surface area contributed by atoms with E-state index in [1.807, 2.05) is 31.2 Å². The Morgan fingerprint density at radius 1 is 0.971 bits per heavy atom. The van der Waals surface area contributed by atoms with Gasteiger partial charge in [-0.25, -0.2) is 9.59 Å². The van der Waals surface area contributed by atoms with Crippen molar-refractivity contribution in [2.75, 3.05) is 6.61 Å². The topological polar surface area (TPSA) is 105 Å². The van der Waals surface area contributed by atoms with E-state index >= 15 is 0 Å². The normalized spacial score (nSPS) is 13.9. The van der Waals surface area contributed by atoms with Gasteiger partial charge in [0, 0.05) is 23.3 Å². The van der Waals surface area contributed by atoms with Gasteiger partial charge in [-0.2, -0.15) is 0 Å². The second kappa shape index (κ2) is 11.2. The van der Waals surface area contributed by atoms with Crippen molar-refractivity contribution >= 4 is 29.3 Å². The first-order chi connectivity index (χ1) is 17.0. The second-order valence-electron chi connectivity index (χ2n) is 8.51. The van der Waals surface area contributed by atoms with Crippen molar-refractivity contribution in [3.8, 4) is 11.1 Å². The monoisotopic (exact) mass is 492 g/mol. The smallest absolute Gasteiger partial charge is 0.407 e. The molecule has 3 N–H and O–H groups in total. The zero-order valence-electron chi connectivity index (χ0n) is 19.4. The molecule has 1 aliphatic carbocycles. The third kappa shape index (κ3) is 5.71. The summed E-state index contributed by atoms with van der Waals surface area (Å²) < 4.78 is 5.60. The molecule has 0 aliphatic heterocycles. The molecule has 2 amide bonds. The van der Waals surface area contributed by atoms with Crippen LogP contribution in [0.4, 0.5) is 4.79 Å². The van der Waals surface area contributed by atoms with Gasteiger partial charge in [0.15, 0.2) is 6.04 Å². The minimum Gasteiger partial charge on any atom is -0.479 e. The first-order valence-corrected chi connectivity index (χ1v) is 12.5. The molecular formula is C27H28N2O5S. The highest BCUT2D eigenvalue weighted by Gasteiger charge is 2.30. The van der Waals surface area contributed by atoms with E-state index in [4.69, 9.17) is 4.74 Å². The molecule has 0 fully saturated rings. The van der Waals surface area contributed by atoms with E-state index in [1.165, 1.54) is 11.3 Å². The molecule has 35 heavy (non-hydrogen) atoms. The number of aliphatic carboxylic acids is 1. The van der Waals surface area contributed by atoms with Gasteiger partial charge in [0.05, 0.1) is 0 Å². The SMILES string of the molecule is CCCC(CC(=O)NC(C(=O)O)c1cccs1)NC(=O)OCC1c2ccccc2-c2ccccc21. The molecule has 7 nitrogen and oxygen atoms in total. The highest BCUT2D eigenvalue weighted by Crippen LogP contribution is 2.44. The van der Waals surface area contributed by atoms with Crippen LogP contribution in [0.2, 0.25) is 0 Å². The summed E-state index contributed by atoms with van der Waals surface area (Å²) in [5, 5.41) is 16.6. The van der Waals surface area contributed by atoms with Crippen LogP contribution in [0.25, 0.3) is 11.1 Å². The van der Waals surface area contributed by atoms with Gasteiger partial charge in [-0.3, -0.25) is 4.79 Å². The lowest BCUT2D eigenvalue weighted by atomic mass is 9.98. The summed E-state index contributed by atoms with van der Waals surface area (Å²) in [4.78, 5) is 37.4. The summed E-state index contributed by atoms with van der Waals surface area (Å²) >= 11 is 1.26. The lowest BCUT2D eigenvalue weighted by Crippen LogP contribution is -2.41. The summed E-state index contributed by atoms with van der Waals surface area (Å²) in [6, 6.07) is 18.0. The number of thiophene rings is 1. The van der Waals surface area contributed by atoms with Crippen LogP contribution in [0.5, 0.6) is 0 Å². The van der Waals surface area contributed by atoms with Crippen LogP contribution < -0.4 is 10.6 Å². The number of hydrogen-bond donors (Lipinski definition) is 3. The van der Waals surface area contributed by atoms with Crippen LogP contribution in [0.1, 0.15) is 54.1 Å². The Bertz CT molecular complexity index is 1150. The lowest BCUT2D eigenvalue weighted by molar-refractivity contribution is -0.142. The Hall–Kier alpha value is -3.65. The third-order valence-electron chi connectivity index (χ3n) is 6.11. The number of nitrogens with one attached hydrogen (secondary N) is 2. The van der Waals surface area contributed by atoms with E-state index in [9.17, 15) is 19.5 Å². The van der Waals surface area contributed by atoms with Gasteiger partial charge in [0.1, 0.15) is 6.61 Å². The van der Waals surface area contributed by atoms with E-state index in [-0.39, 0.29) is 18.9 Å². The molecule has 8 heteroatoms. The maximum absolute atomic E-state index is 12.7. The molecular weight excluding hydrogens is 464 g/mol. The van der Waals surface area contributed by atoms with Crippen molar-refractivity contribution < 1.29 is 24.2 Å². The molecule has 2 atom stereocenters. The van der Waals surface area contributed by atoms with Gasteiger partial charge >= 0.3 is 12.1 Å². The largest absolute Gasteiger partial charge is 0.479 e. The van der Waals surface area contributed by atoms with Gasteiger partial charge in [0.2, 0.25) is 5.91 Å². The summed E-state index contributed by atoms with van der Waals surface area (Å²) in [6.45, 7) is 2.14. The summed E-state index contributed by atoms with van der Waals surface area (Å²) in [5.74, 6) is -1.62. The highest BCUT2D eigenvalue weighted by molar-refractivity contribution is 7.10. The molecule has 1 heterocycles. The molecule has 2 unspecified atom stereocenters. The minimum absolute atomic E-state index is 0.0345. The first-order valence-electron chi connectivity index (χ1n) is 11.6. The Morgan fingerprint density at radius 2 is 1.63 bits per heavy atom. The van der Waals surface area contributed by atoms with Crippen LogP contribution in [0.3, 0.4) is 0 Å². The summed E-state index contributed by atoms with van der Waals surface area (Å²) in [7, 11) is 0. The Morgan fingerprint density at radius 3 is 2.20 bits per heavy atom. The van der Waals surface area contributed by atoms with E-state index in [0.717, 1.165) is 28.7 Å². The molecule has 2 aromatic carbocycles. The average Bonchev–Trinajstić information content (AvgIpc) is 3.48. The number of alkyl carbamates (subject to hydrolysis) is 1. The fourth-order valence-corrected chi connectivity index (χ4v) is 5.30. The minimum atomic E-state index is -1.13. The zero-order chi connectivity index (χ0) is 24.8. The van der Waals surface area contributed by atoms with Gasteiger partial charge in [-0.05, 0) is 40.1 Å². The van der Waals surface area contributed by atoms with E-state index in [2.05, 4.69) is 34.9 Å². The van der Waals surface area contributed by atoms with Crippen LogP contribution in [0, 0.1) is 0 Å². The molecule has 1 aliphatic rings. The van der Waals surface area contributed by atoms with Gasteiger partial charge in [0.25, 0.3) is 0 Å². The number of fused-ring (bicyclic) bond motifs is 3. The molecule has 0 radical (unpaired) electrons. The molecule has 4 rings (SSSR count). The van der Waals surface area contributed by atoms with Crippen LogP contribution in [-0.2, 0) is 14.3 Å². The fraction of sp³-hybridized carbons (Fsp3) is 0.296. The molecule has 1 aromatic heterocycles. The number of carboxylic acids is 1. The van der Waals surface area contributed by atoms with Crippen molar-refractivity contribution in [2.45, 2.75) is 44.2 Å². The van der Waals surface area contributed by atoms with Gasteiger partial charge in [-0.1, -0.05) is 67.9 Å². The maximum Gasteiger partial charge on any atom is 0.407 e. The molecule has 182 valence electrons. The number of carboxylic acid groups (broad SMARTS) is 1. The summed E-state index contributed by atoms with van der Waals surface area (Å²) in [6.07, 6.45) is 0.683. The van der Waals surface area contributed by atoms with E-state index in [0.29, 0.717) is 11.3 Å². The van der Waals surface area contributed by atoms with Crippen molar-refractivity contribution in [1.82, 2.24) is 10.6 Å².